The molecule has 5 nitrogen and oxygen atoms in total. The lowest BCUT2D eigenvalue weighted by atomic mass is 10.2. The maximum absolute atomic E-state index is 5.64. The standard InChI is InChI=1S/C13H15N3O2/c14-10-5-3-9(4-6-10)13-15-12(16-18-13)8-11-2-1-7-17-11/h3-6,11H,1-2,7-8,14H2. The van der Waals surface area contributed by atoms with Crippen molar-refractivity contribution in [2.45, 2.75) is 25.4 Å². The third kappa shape index (κ3) is 2.36. The first kappa shape index (κ1) is 11.2. The predicted octanol–water partition coefficient (Wildman–Crippen LogP) is 2.04. The number of hydrogen-bond acceptors (Lipinski definition) is 5. The monoisotopic (exact) mass is 245 g/mol. The number of nitrogens with two attached hydrogens (primary N) is 1. The van der Waals surface area contributed by atoms with E-state index < -0.39 is 0 Å². The summed E-state index contributed by atoms with van der Waals surface area (Å²) in [6, 6.07) is 7.38. The second-order valence-electron chi connectivity index (χ2n) is 4.48. The van der Waals surface area contributed by atoms with E-state index in [-0.39, 0.29) is 6.10 Å². The zero-order valence-electron chi connectivity index (χ0n) is 10.0. The molecule has 0 saturated carbocycles. The van der Waals surface area contributed by atoms with E-state index >= 15 is 0 Å². The molecule has 0 bridgehead atoms. The van der Waals surface area contributed by atoms with E-state index in [9.17, 15) is 0 Å². The molecule has 1 atom stereocenters. The van der Waals surface area contributed by atoms with Gasteiger partial charge in [-0.3, -0.25) is 0 Å². The van der Waals surface area contributed by atoms with Crippen LogP contribution in [0.25, 0.3) is 11.5 Å². The summed E-state index contributed by atoms with van der Waals surface area (Å²) in [4.78, 5) is 4.38. The fourth-order valence-corrected chi connectivity index (χ4v) is 2.09. The van der Waals surface area contributed by atoms with E-state index in [1.54, 1.807) is 0 Å². The quantitative estimate of drug-likeness (QED) is 0.837. The Bertz CT molecular complexity index is 515. The minimum atomic E-state index is 0.238. The Labute approximate surface area is 105 Å². The van der Waals surface area contributed by atoms with Crippen LogP contribution in [0.5, 0.6) is 0 Å². The van der Waals surface area contributed by atoms with Gasteiger partial charge < -0.3 is 15.0 Å². The van der Waals surface area contributed by atoms with Crippen molar-refractivity contribution < 1.29 is 9.26 Å². The molecule has 1 unspecified atom stereocenters. The first-order chi connectivity index (χ1) is 8.81. The topological polar surface area (TPSA) is 74.2 Å². The lowest BCUT2D eigenvalue weighted by Crippen LogP contribution is -2.09. The zero-order valence-corrected chi connectivity index (χ0v) is 10.0. The van der Waals surface area contributed by atoms with Gasteiger partial charge in [0, 0.05) is 24.3 Å². The van der Waals surface area contributed by atoms with E-state index in [1.807, 2.05) is 24.3 Å². The van der Waals surface area contributed by atoms with Crippen LogP contribution < -0.4 is 5.73 Å². The molecule has 2 N–H and O–H groups in total. The van der Waals surface area contributed by atoms with Gasteiger partial charge in [0.15, 0.2) is 5.82 Å². The fourth-order valence-electron chi connectivity index (χ4n) is 2.09. The highest BCUT2D eigenvalue weighted by Crippen LogP contribution is 2.20. The summed E-state index contributed by atoms with van der Waals surface area (Å²) in [5.41, 5.74) is 7.24. The molecule has 0 aliphatic carbocycles. The molecule has 2 aromatic rings. The average Bonchev–Trinajstić information content (AvgIpc) is 3.02. The summed E-state index contributed by atoms with van der Waals surface area (Å²) < 4.78 is 10.8. The molecular formula is C13H15N3O2. The summed E-state index contributed by atoms with van der Waals surface area (Å²) in [7, 11) is 0. The molecular weight excluding hydrogens is 230 g/mol. The van der Waals surface area contributed by atoms with Crippen molar-refractivity contribution in [2.24, 2.45) is 0 Å². The highest BCUT2D eigenvalue weighted by molar-refractivity contribution is 5.56. The van der Waals surface area contributed by atoms with Crippen molar-refractivity contribution in [1.82, 2.24) is 10.1 Å². The van der Waals surface area contributed by atoms with Crippen LogP contribution in [0.2, 0.25) is 0 Å². The molecule has 5 heteroatoms. The molecule has 18 heavy (non-hydrogen) atoms. The lowest BCUT2D eigenvalue weighted by molar-refractivity contribution is 0.109. The van der Waals surface area contributed by atoms with Gasteiger partial charge in [-0.15, -0.1) is 0 Å². The maximum atomic E-state index is 5.64. The third-order valence-corrected chi connectivity index (χ3v) is 3.06. The third-order valence-electron chi connectivity index (χ3n) is 3.06. The van der Waals surface area contributed by atoms with Crippen LogP contribution in [-0.2, 0) is 11.2 Å². The molecule has 3 rings (SSSR count). The Hall–Kier alpha value is -1.88. The summed E-state index contributed by atoms with van der Waals surface area (Å²) in [5.74, 6) is 1.23. The Morgan fingerprint density at radius 3 is 2.83 bits per heavy atom. The number of rotatable bonds is 3. The summed E-state index contributed by atoms with van der Waals surface area (Å²) in [6.45, 7) is 0.841. The average molecular weight is 245 g/mol. The molecule has 1 aliphatic rings. The molecule has 1 aromatic carbocycles. The second kappa shape index (κ2) is 4.78. The van der Waals surface area contributed by atoms with Gasteiger partial charge in [0.25, 0.3) is 5.89 Å². The summed E-state index contributed by atoms with van der Waals surface area (Å²) >= 11 is 0. The molecule has 2 heterocycles. The van der Waals surface area contributed by atoms with Crippen LogP contribution in [0.1, 0.15) is 18.7 Å². The Kier molecular flexibility index (Phi) is 2.98. The highest BCUT2D eigenvalue weighted by atomic mass is 16.5. The second-order valence-corrected chi connectivity index (χ2v) is 4.48. The number of hydrogen-bond donors (Lipinski definition) is 1. The van der Waals surface area contributed by atoms with Crippen LogP contribution >= 0.6 is 0 Å². The SMILES string of the molecule is Nc1ccc(-c2nc(CC3CCCO3)no2)cc1. The Morgan fingerprint density at radius 2 is 2.11 bits per heavy atom. The van der Waals surface area contributed by atoms with Crippen LogP contribution in [0.4, 0.5) is 5.69 Å². The van der Waals surface area contributed by atoms with E-state index in [1.165, 1.54) is 0 Å². The smallest absolute Gasteiger partial charge is 0.257 e. The fraction of sp³-hybridized carbons (Fsp3) is 0.385. The van der Waals surface area contributed by atoms with Gasteiger partial charge in [0.1, 0.15) is 0 Å². The predicted molar refractivity (Wildman–Crippen MR) is 66.8 cm³/mol. The summed E-state index contributed by atoms with van der Waals surface area (Å²) in [6.07, 6.45) is 3.15. The number of ether oxygens (including phenoxy) is 1. The van der Waals surface area contributed by atoms with Gasteiger partial charge in [-0.1, -0.05) is 5.16 Å². The zero-order chi connectivity index (χ0) is 12.4. The molecule has 0 radical (unpaired) electrons. The molecule has 1 aliphatic heterocycles. The maximum Gasteiger partial charge on any atom is 0.257 e. The Balaban J connectivity index is 1.74. The van der Waals surface area contributed by atoms with Crippen LogP contribution in [0.15, 0.2) is 28.8 Å². The van der Waals surface area contributed by atoms with Crippen molar-refractivity contribution in [1.29, 1.82) is 0 Å². The van der Waals surface area contributed by atoms with E-state index in [4.69, 9.17) is 15.0 Å². The van der Waals surface area contributed by atoms with Crippen molar-refractivity contribution >= 4 is 5.69 Å². The molecule has 0 spiro atoms. The largest absolute Gasteiger partial charge is 0.399 e. The van der Waals surface area contributed by atoms with E-state index in [0.29, 0.717) is 11.7 Å². The number of aromatic nitrogens is 2. The highest BCUT2D eigenvalue weighted by Gasteiger charge is 2.19. The number of nitrogen functional groups attached to an aromatic ring is 1. The molecule has 1 aromatic heterocycles. The number of nitrogens with zero attached hydrogens (tertiary/aromatic N) is 2. The van der Waals surface area contributed by atoms with E-state index in [2.05, 4.69) is 10.1 Å². The van der Waals surface area contributed by atoms with Gasteiger partial charge in [-0.05, 0) is 37.1 Å². The van der Waals surface area contributed by atoms with Gasteiger partial charge in [0.2, 0.25) is 0 Å². The van der Waals surface area contributed by atoms with Crippen LogP contribution in [0, 0.1) is 0 Å². The van der Waals surface area contributed by atoms with Crippen molar-refractivity contribution in [2.75, 3.05) is 12.3 Å². The van der Waals surface area contributed by atoms with Gasteiger partial charge >= 0.3 is 0 Å². The molecule has 1 saturated heterocycles. The van der Waals surface area contributed by atoms with Gasteiger partial charge in [0.05, 0.1) is 6.10 Å². The summed E-state index contributed by atoms with van der Waals surface area (Å²) in [5, 5.41) is 3.98. The first-order valence-electron chi connectivity index (χ1n) is 6.11. The van der Waals surface area contributed by atoms with Gasteiger partial charge in [-0.2, -0.15) is 4.98 Å². The van der Waals surface area contributed by atoms with Crippen molar-refractivity contribution in [3.63, 3.8) is 0 Å². The van der Waals surface area contributed by atoms with E-state index in [0.717, 1.165) is 37.1 Å². The molecule has 94 valence electrons. The normalized spacial score (nSPS) is 19.2. The number of anilines is 1. The molecule has 0 amide bonds. The van der Waals surface area contributed by atoms with Crippen molar-refractivity contribution in [3.05, 3.63) is 30.1 Å². The van der Waals surface area contributed by atoms with Crippen LogP contribution in [-0.4, -0.2) is 22.9 Å². The minimum Gasteiger partial charge on any atom is -0.399 e. The van der Waals surface area contributed by atoms with Crippen LogP contribution in [0.3, 0.4) is 0 Å². The lowest BCUT2D eigenvalue weighted by Gasteiger charge is -2.03. The molecule has 1 fully saturated rings. The number of benzene rings is 1. The minimum absolute atomic E-state index is 0.238. The Morgan fingerprint density at radius 1 is 1.28 bits per heavy atom. The first-order valence-corrected chi connectivity index (χ1v) is 6.11. The van der Waals surface area contributed by atoms with Crippen molar-refractivity contribution in [3.8, 4) is 11.5 Å². The van der Waals surface area contributed by atoms with Gasteiger partial charge in [-0.25, -0.2) is 0 Å².